The van der Waals surface area contributed by atoms with Crippen molar-refractivity contribution in [3.8, 4) is 0 Å². The molecule has 0 unspecified atom stereocenters. The summed E-state index contributed by atoms with van der Waals surface area (Å²) in [4.78, 5) is 22.3. The number of pyridine rings is 2. The highest BCUT2D eigenvalue weighted by Crippen LogP contribution is 2.38. The standard InChI is InChI=1S/C28H38FN7O3S/c1-6-40(38,39)15-19-14-36(18(19)4)26-22-13-31-25(11-20(22)21(12-32-26)17(2)3)33-24-7-9-30-27(34-24)35-10-8-23(37)28(5,29)16-35/h7,9,11-13,17-19,23,37H,6,8,10,14-16H2,1-5H3,(H,30,31,33,34)/t18-,19-,23+,28-/m0/s1. The van der Waals surface area contributed by atoms with Gasteiger partial charge in [0.05, 0.1) is 18.4 Å². The third-order valence-corrected chi connectivity index (χ3v) is 10.1. The SMILES string of the molecule is CCS(=O)(=O)C[C@@H]1CN(c2ncc(C(C)C)c3cc(Nc4ccnc(N5CC[C@@H](O)[C@@](C)(F)C5)n4)ncc23)[C@H]1C. The molecule has 2 fully saturated rings. The van der Waals surface area contributed by atoms with E-state index in [9.17, 15) is 17.9 Å². The number of nitrogens with zero attached hydrogens (tertiary/aromatic N) is 6. The second kappa shape index (κ2) is 10.7. The number of aromatic nitrogens is 4. The highest BCUT2D eigenvalue weighted by molar-refractivity contribution is 7.91. The normalized spacial score (nSPS) is 25.4. The van der Waals surface area contributed by atoms with Crippen LogP contribution >= 0.6 is 0 Å². The third kappa shape index (κ3) is 5.56. The van der Waals surface area contributed by atoms with Crippen molar-refractivity contribution in [2.75, 3.05) is 46.3 Å². The average molecular weight is 572 g/mol. The number of piperidine rings is 1. The van der Waals surface area contributed by atoms with Gasteiger partial charge < -0.3 is 20.2 Å². The molecule has 0 bridgehead atoms. The molecule has 5 heterocycles. The van der Waals surface area contributed by atoms with Crippen molar-refractivity contribution in [2.24, 2.45) is 5.92 Å². The highest BCUT2D eigenvalue weighted by atomic mass is 32.2. The summed E-state index contributed by atoms with van der Waals surface area (Å²) in [6.45, 7) is 10.5. The second-order valence-corrected chi connectivity index (χ2v) is 13.9. The van der Waals surface area contributed by atoms with Gasteiger partial charge in [-0.15, -0.1) is 0 Å². The maximum absolute atomic E-state index is 14.7. The Morgan fingerprint density at radius 1 is 1.20 bits per heavy atom. The molecule has 2 aliphatic heterocycles. The second-order valence-electron chi connectivity index (χ2n) is 11.5. The lowest BCUT2D eigenvalue weighted by atomic mass is 9.90. The number of nitrogens with one attached hydrogen (secondary N) is 1. The first-order valence-corrected chi connectivity index (χ1v) is 15.7. The number of aliphatic hydroxyl groups excluding tert-OH is 1. The molecule has 5 rings (SSSR count). The summed E-state index contributed by atoms with van der Waals surface area (Å²) >= 11 is 0. The van der Waals surface area contributed by atoms with E-state index >= 15 is 0 Å². The zero-order valence-corrected chi connectivity index (χ0v) is 24.5. The molecule has 2 N–H and O–H groups in total. The summed E-state index contributed by atoms with van der Waals surface area (Å²) in [6, 6.07) is 3.77. The van der Waals surface area contributed by atoms with Crippen molar-refractivity contribution < 1.29 is 17.9 Å². The smallest absolute Gasteiger partial charge is 0.227 e. The Balaban J connectivity index is 1.40. The van der Waals surface area contributed by atoms with E-state index in [2.05, 4.69) is 39.0 Å². The van der Waals surface area contributed by atoms with Crippen molar-refractivity contribution >= 4 is 44.0 Å². The van der Waals surface area contributed by atoms with Gasteiger partial charge >= 0.3 is 0 Å². The summed E-state index contributed by atoms with van der Waals surface area (Å²) in [6.07, 6.45) is 4.62. The van der Waals surface area contributed by atoms with Crippen LogP contribution < -0.4 is 15.1 Å². The number of rotatable bonds is 8. The topological polar surface area (TPSA) is 124 Å². The number of aliphatic hydroxyl groups is 1. The molecule has 3 aromatic rings. The molecule has 4 atom stereocenters. The molecule has 0 spiro atoms. The Morgan fingerprint density at radius 2 is 1.98 bits per heavy atom. The van der Waals surface area contributed by atoms with E-state index in [0.717, 1.165) is 22.2 Å². The summed E-state index contributed by atoms with van der Waals surface area (Å²) in [5.74, 6) is 2.98. The van der Waals surface area contributed by atoms with Crippen LogP contribution in [0, 0.1) is 5.92 Å². The van der Waals surface area contributed by atoms with Crippen LogP contribution in [0.1, 0.15) is 52.5 Å². The highest BCUT2D eigenvalue weighted by Gasteiger charge is 2.40. The molecule has 2 aliphatic rings. The predicted octanol–water partition coefficient (Wildman–Crippen LogP) is 3.85. The molecule has 216 valence electrons. The Bertz CT molecular complexity index is 1500. The fraction of sp³-hybridized carbons (Fsp3) is 0.571. The lowest BCUT2D eigenvalue weighted by molar-refractivity contribution is -0.00860. The maximum atomic E-state index is 14.7. The first kappa shape index (κ1) is 28.4. The molecule has 0 aromatic carbocycles. The summed E-state index contributed by atoms with van der Waals surface area (Å²) in [5.41, 5.74) is -0.651. The van der Waals surface area contributed by atoms with Gasteiger partial charge in [0, 0.05) is 54.8 Å². The van der Waals surface area contributed by atoms with E-state index in [1.165, 1.54) is 6.92 Å². The van der Waals surface area contributed by atoms with Crippen molar-refractivity contribution in [1.82, 2.24) is 19.9 Å². The Labute approximate surface area is 235 Å². The van der Waals surface area contributed by atoms with E-state index < -0.39 is 21.6 Å². The fourth-order valence-corrected chi connectivity index (χ4v) is 6.78. The summed E-state index contributed by atoms with van der Waals surface area (Å²) < 4.78 is 39.1. The molecule has 40 heavy (non-hydrogen) atoms. The van der Waals surface area contributed by atoms with E-state index in [-0.39, 0.29) is 35.9 Å². The molecule has 10 nitrogen and oxygen atoms in total. The average Bonchev–Trinajstić information content (AvgIpc) is 2.91. The summed E-state index contributed by atoms with van der Waals surface area (Å²) in [5, 5.41) is 15.2. The molecule has 0 amide bonds. The number of sulfone groups is 1. The fourth-order valence-electron chi connectivity index (χ4n) is 5.51. The molecule has 0 radical (unpaired) electrons. The molecular weight excluding hydrogens is 533 g/mol. The molecular formula is C28H38FN7O3S. The van der Waals surface area contributed by atoms with Crippen LogP contribution in [0.3, 0.4) is 0 Å². The van der Waals surface area contributed by atoms with Gasteiger partial charge in [0.25, 0.3) is 0 Å². The Kier molecular flexibility index (Phi) is 7.60. The molecule has 0 aliphatic carbocycles. The van der Waals surface area contributed by atoms with Gasteiger partial charge in [0.15, 0.2) is 5.67 Å². The first-order valence-electron chi connectivity index (χ1n) is 13.9. The lowest BCUT2D eigenvalue weighted by Gasteiger charge is -2.47. The van der Waals surface area contributed by atoms with Gasteiger partial charge in [-0.1, -0.05) is 20.8 Å². The number of alkyl halides is 1. The monoisotopic (exact) mass is 571 g/mol. The predicted molar refractivity (Wildman–Crippen MR) is 156 cm³/mol. The number of anilines is 4. The van der Waals surface area contributed by atoms with Crippen LogP contribution in [0.25, 0.3) is 10.8 Å². The Morgan fingerprint density at radius 3 is 2.65 bits per heavy atom. The van der Waals surface area contributed by atoms with Crippen molar-refractivity contribution in [2.45, 2.75) is 64.8 Å². The van der Waals surface area contributed by atoms with Crippen LogP contribution in [0.15, 0.2) is 30.7 Å². The van der Waals surface area contributed by atoms with Gasteiger partial charge in [-0.2, -0.15) is 4.98 Å². The van der Waals surface area contributed by atoms with Crippen LogP contribution in [0.5, 0.6) is 0 Å². The van der Waals surface area contributed by atoms with E-state index in [4.69, 9.17) is 4.98 Å². The molecule has 12 heteroatoms. The molecule has 0 saturated carbocycles. The van der Waals surface area contributed by atoms with Gasteiger partial charge in [-0.25, -0.2) is 27.8 Å². The largest absolute Gasteiger partial charge is 0.390 e. The number of hydrogen-bond acceptors (Lipinski definition) is 10. The van der Waals surface area contributed by atoms with Crippen LogP contribution in [0.2, 0.25) is 0 Å². The number of fused-ring (bicyclic) bond motifs is 1. The Hall–Kier alpha value is -3.12. The van der Waals surface area contributed by atoms with Crippen LogP contribution in [0.4, 0.5) is 27.8 Å². The van der Waals surface area contributed by atoms with Crippen molar-refractivity contribution in [1.29, 1.82) is 0 Å². The van der Waals surface area contributed by atoms with Gasteiger partial charge in [0.2, 0.25) is 5.95 Å². The van der Waals surface area contributed by atoms with Crippen molar-refractivity contribution in [3.63, 3.8) is 0 Å². The van der Waals surface area contributed by atoms with Crippen molar-refractivity contribution in [3.05, 3.63) is 36.3 Å². The molecule has 3 aromatic heterocycles. The minimum Gasteiger partial charge on any atom is -0.390 e. The minimum atomic E-state index is -3.04. The van der Waals surface area contributed by atoms with Gasteiger partial charge in [-0.05, 0) is 49.3 Å². The van der Waals surface area contributed by atoms with E-state index in [0.29, 0.717) is 37.1 Å². The van der Waals surface area contributed by atoms with E-state index in [1.54, 1.807) is 30.3 Å². The number of hydrogen-bond donors (Lipinski definition) is 2. The van der Waals surface area contributed by atoms with Crippen LogP contribution in [-0.2, 0) is 9.84 Å². The zero-order valence-electron chi connectivity index (χ0n) is 23.7. The number of halogens is 1. The minimum absolute atomic E-state index is 0.0134. The van der Waals surface area contributed by atoms with Crippen LogP contribution in [-0.4, -0.2) is 82.4 Å². The van der Waals surface area contributed by atoms with Gasteiger partial charge in [-0.3, -0.25) is 0 Å². The lowest BCUT2D eigenvalue weighted by Crippen LogP contribution is -2.57. The zero-order chi connectivity index (χ0) is 28.8. The third-order valence-electron chi connectivity index (χ3n) is 8.24. The van der Waals surface area contributed by atoms with Gasteiger partial charge in [0.1, 0.15) is 27.3 Å². The van der Waals surface area contributed by atoms with E-state index in [1.807, 2.05) is 19.2 Å². The first-order chi connectivity index (χ1) is 18.9. The summed E-state index contributed by atoms with van der Waals surface area (Å²) in [7, 11) is -3.04. The maximum Gasteiger partial charge on any atom is 0.227 e. The quantitative estimate of drug-likeness (QED) is 0.412. The molecule has 2 saturated heterocycles.